The van der Waals surface area contributed by atoms with Crippen LogP contribution in [-0.4, -0.2) is 27.6 Å². The molecule has 0 saturated carbocycles. The monoisotopic (exact) mass is 309 g/mol. The number of hydrogen-bond donors (Lipinski definition) is 0. The lowest BCUT2D eigenvalue weighted by Gasteiger charge is -2.06. The van der Waals surface area contributed by atoms with Crippen molar-refractivity contribution in [2.45, 2.75) is 11.6 Å². The van der Waals surface area contributed by atoms with Crippen molar-refractivity contribution >= 4 is 11.8 Å². The van der Waals surface area contributed by atoms with E-state index in [9.17, 15) is 0 Å². The van der Waals surface area contributed by atoms with E-state index in [-0.39, 0.29) is 0 Å². The Kier molecular flexibility index (Phi) is 3.35. The third-order valence-corrected chi connectivity index (χ3v) is 4.83. The van der Waals surface area contributed by atoms with Crippen molar-refractivity contribution in [3.63, 3.8) is 0 Å². The van der Waals surface area contributed by atoms with Crippen LogP contribution in [0.5, 0.6) is 5.75 Å². The van der Waals surface area contributed by atoms with E-state index in [1.807, 2.05) is 54.5 Å². The second-order valence-electron chi connectivity index (χ2n) is 5.07. The van der Waals surface area contributed by atoms with E-state index in [1.54, 1.807) is 7.11 Å². The van der Waals surface area contributed by atoms with Gasteiger partial charge >= 0.3 is 0 Å². The molecule has 3 aromatic rings. The summed E-state index contributed by atoms with van der Waals surface area (Å²) in [6, 6.07) is 12.2. The van der Waals surface area contributed by atoms with Gasteiger partial charge in [0.15, 0.2) is 0 Å². The predicted molar refractivity (Wildman–Crippen MR) is 88.2 cm³/mol. The highest BCUT2D eigenvalue weighted by atomic mass is 32.2. The van der Waals surface area contributed by atoms with Gasteiger partial charge in [-0.1, -0.05) is 12.1 Å². The zero-order valence-electron chi connectivity index (χ0n) is 12.2. The summed E-state index contributed by atoms with van der Waals surface area (Å²) in [5, 5.41) is 6.07. The molecule has 0 fully saturated rings. The van der Waals surface area contributed by atoms with Crippen LogP contribution in [0.4, 0.5) is 0 Å². The van der Waals surface area contributed by atoms with Gasteiger partial charge in [-0.3, -0.25) is 9.67 Å². The zero-order chi connectivity index (χ0) is 14.9. The lowest BCUT2D eigenvalue weighted by molar-refractivity contribution is 0.415. The number of hydrogen-bond acceptors (Lipinski definition) is 4. The number of rotatable bonds is 3. The molecule has 4 nitrogen and oxygen atoms in total. The molecule has 0 radical (unpaired) electrons. The van der Waals surface area contributed by atoms with Crippen LogP contribution in [-0.2, 0) is 6.54 Å². The number of methoxy groups -OCH3 is 1. The molecule has 110 valence electrons. The Bertz CT molecular complexity index is 814. The highest BCUT2D eigenvalue weighted by Gasteiger charge is 2.24. The smallest absolute Gasteiger partial charge is 0.119 e. The first kappa shape index (κ1) is 13.4. The predicted octanol–water partition coefficient (Wildman–Crippen LogP) is 3.73. The van der Waals surface area contributed by atoms with Gasteiger partial charge in [0, 0.05) is 29.3 Å². The summed E-state index contributed by atoms with van der Waals surface area (Å²) < 4.78 is 7.46. The van der Waals surface area contributed by atoms with Crippen LogP contribution in [0.1, 0.15) is 0 Å². The average Bonchev–Trinajstić information content (AvgIpc) is 3.16. The number of benzene rings is 1. The molecule has 5 heteroatoms. The van der Waals surface area contributed by atoms with E-state index in [0.29, 0.717) is 0 Å². The van der Waals surface area contributed by atoms with E-state index in [1.165, 1.54) is 10.6 Å². The van der Waals surface area contributed by atoms with E-state index < -0.39 is 0 Å². The first-order valence-electron chi connectivity index (χ1n) is 7.15. The Hall–Kier alpha value is -2.27. The van der Waals surface area contributed by atoms with Crippen LogP contribution in [0.2, 0.25) is 0 Å². The normalized spacial score (nSPS) is 13.1. The molecule has 1 aliphatic heterocycles. The van der Waals surface area contributed by atoms with E-state index in [0.717, 1.165) is 34.9 Å². The third-order valence-electron chi connectivity index (χ3n) is 3.76. The lowest BCUT2D eigenvalue weighted by Crippen LogP contribution is -1.95. The van der Waals surface area contributed by atoms with Crippen LogP contribution in [0, 0.1) is 0 Å². The van der Waals surface area contributed by atoms with Gasteiger partial charge in [-0.25, -0.2) is 0 Å². The fraction of sp³-hybridized carbons (Fsp3) is 0.176. The van der Waals surface area contributed by atoms with Crippen LogP contribution in [0.15, 0.2) is 53.8 Å². The Morgan fingerprint density at radius 3 is 2.82 bits per heavy atom. The fourth-order valence-electron chi connectivity index (χ4n) is 2.72. The summed E-state index contributed by atoms with van der Waals surface area (Å²) in [6.07, 6.45) is 3.66. The molecule has 0 N–H and O–H groups in total. The molecule has 3 heterocycles. The molecule has 0 amide bonds. The largest absolute Gasteiger partial charge is 0.497 e. The Morgan fingerprint density at radius 1 is 1.14 bits per heavy atom. The van der Waals surface area contributed by atoms with Crippen molar-refractivity contribution in [3.8, 4) is 28.1 Å². The highest BCUT2D eigenvalue weighted by molar-refractivity contribution is 7.99. The summed E-state index contributed by atoms with van der Waals surface area (Å²) in [4.78, 5) is 4.12. The zero-order valence-corrected chi connectivity index (χ0v) is 13.0. The number of nitrogens with zero attached hydrogens (tertiary/aromatic N) is 3. The van der Waals surface area contributed by atoms with Crippen molar-refractivity contribution in [2.24, 2.45) is 0 Å². The second kappa shape index (κ2) is 5.50. The number of thioether (sulfide) groups is 1. The molecular formula is C17H15N3OS. The van der Waals surface area contributed by atoms with Crippen LogP contribution >= 0.6 is 11.8 Å². The first-order chi connectivity index (χ1) is 10.9. The van der Waals surface area contributed by atoms with Gasteiger partial charge < -0.3 is 4.74 Å². The molecule has 0 spiro atoms. The minimum absolute atomic E-state index is 0.846. The van der Waals surface area contributed by atoms with Crippen molar-refractivity contribution in [1.82, 2.24) is 14.8 Å². The Morgan fingerprint density at radius 2 is 2.00 bits per heavy atom. The molecule has 0 aliphatic carbocycles. The molecule has 1 aliphatic rings. The Balaban J connectivity index is 1.93. The van der Waals surface area contributed by atoms with E-state index >= 15 is 0 Å². The minimum atomic E-state index is 0.846. The number of pyridine rings is 1. The van der Waals surface area contributed by atoms with Crippen molar-refractivity contribution in [3.05, 3.63) is 48.8 Å². The molecule has 2 aromatic heterocycles. The summed E-state index contributed by atoms with van der Waals surface area (Å²) in [6.45, 7) is 0.960. The van der Waals surface area contributed by atoms with Crippen LogP contribution < -0.4 is 4.74 Å². The highest BCUT2D eigenvalue weighted by Crippen LogP contribution is 2.42. The summed E-state index contributed by atoms with van der Waals surface area (Å²) in [7, 11) is 1.69. The summed E-state index contributed by atoms with van der Waals surface area (Å²) >= 11 is 1.86. The molecule has 0 atom stereocenters. The van der Waals surface area contributed by atoms with Crippen molar-refractivity contribution in [2.75, 3.05) is 12.9 Å². The SMILES string of the molecule is COc1cccc(-c2nn3c(c2-c2ccncc2)SCC3)c1. The summed E-state index contributed by atoms with van der Waals surface area (Å²) in [5.74, 6) is 1.93. The number of ether oxygens (including phenoxy) is 1. The van der Waals surface area contributed by atoms with Crippen molar-refractivity contribution in [1.29, 1.82) is 0 Å². The van der Waals surface area contributed by atoms with Gasteiger partial charge in [-0.15, -0.1) is 11.8 Å². The number of aryl methyl sites for hydroxylation is 1. The molecule has 0 bridgehead atoms. The van der Waals surface area contributed by atoms with Gasteiger partial charge in [-0.2, -0.15) is 5.10 Å². The van der Waals surface area contributed by atoms with E-state index in [2.05, 4.69) is 15.7 Å². The van der Waals surface area contributed by atoms with Gasteiger partial charge in [0.25, 0.3) is 0 Å². The molecule has 1 aromatic carbocycles. The number of fused-ring (bicyclic) bond motifs is 1. The molecule has 0 saturated heterocycles. The maximum atomic E-state index is 5.35. The standard InChI is InChI=1S/C17H15N3OS/c1-21-14-4-2-3-13(11-14)16-15(12-5-7-18-8-6-12)17-20(19-16)9-10-22-17/h2-8,11H,9-10H2,1H3. The number of aromatic nitrogens is 3. The Labute approximate surface area is 133 Å². The topological polar surface area (TPSA) is 39.9 Å². The fourth-order valence-corrected chi connectivity index (χ4v) is 3.82. The third kappa shape index (κ3) is 2.18. The minimum Gasteiger partial charge on any atom is -0.497 e. The molecule has 22 heavy (non-hydrogen) atoms. The average molecular weight is 309 g/mol. The molecular weight excluding hydrogens is 294 g/mol. The maximum Gasteiger partial charge on any atom is 0.119 e. The van der Waals surface area contributed by atoms with Gasteiger partial charge in [0.1, 0.15) is 16.5 Å². The van der Waals surface area contributed by atoms with Crippen LogP contribution in [0.3, 0.4) is 0 Å². The van der Waals surface area contributed by atoms with Gasteiger partial charge in [0.2, 0.25) is 0 Å². The quantitative estimate of drug-likeness (QED) is 0.739. The molecule has 4 rings (SSSR count). The van der Waals surface area contributed by atoms with Gasteiger partial charge in [-0.05, 0) is 29.8 Å². The van der Waals surface area contributed by atoms with E-state index in [4.69, 9.17) is 9.84 Å². The van der Waals surface area contributed by atoms with Crippen LogP contribution in [0.25, 0.3) is 22.4 Å². The van der Waals surface area contributed by atoms with Gasteiger partial charge in [0.05, 0.1) is 13.7 Å². The van der Waals surface area contributed by atoms with Crippen molar-refractivity contribution < 1.29 is 4.74 Å². The first-order valence-corrected chi connectivity index (χ1v) is 8.14. The lowest BCUT2D eigenvalue weighted by atomic mass is 10.0. The maximum absolute atomic E-state index is 5.35. The second-order valence-corrected chi connectivity index (χ2v) is 6.15. The molecule has 0 unspecified atom stereocenters. The summed E-state index contributed by atoms with van der Waals surface area (Å²) in [5.41, 5.74) is 4.43.